The average molecular weight is 425 g/mol. The monoisotopic (exact) mass is 424 g/mol. The van der Waals surface area contributed by atoms with E-state index in [1.807, 2.05) is 17.0 Å². The van der Waals surface area contributed by atoms with E-state index >= 15 is 0 Å². The minimum Gasteiger partial charge on any atom is -0.473 e. The van der Waals surface area contributed by atoms with Crippen molar-refractivity contribution in [2.75, 3.05) is 19.6 Å². The molecule has 0 bridgehead atoms. The van der Waals surface area contributed by atoms with Crippen LogP contribution >= 0.6 is 11.6 Å². The molecule has 1 aliphatic rings. The smallest absolute Gasteiger partial charge is 0.414 e. The van der Waals surface area contributed by atoms with Gasteiger partial charge in [0, 0.05) is 30.1 Å². The van der Waals surface area contributed by atoms with Gasteiger partial charge in [-0.25, -0.2) is 9.59 Å². The van der Waals surface area contributed by atoms with Crippen molar-refractivity contribution in [3.8, 4) is 11.5 Å². The van der Waals surface area contributed by atoms with Crippen LogP contribution in [-0.4, -0.2) is 62.8 Å². The first-order valence-corrected chi connectivity index (χ1v) is 9.27. The Morgan fingerprint density at radius 1 is 1.17 bits per heavy atom. The van der Waals surface area contributed by atoms with Crippen LogP contribution in [0.25, 0.3) is 11.5 Å². The number of nitrogens with zero attached hydrogens (tertiary/aromatic N) is 3. The van der Waals surface area contributed by atoms with Crippen molar-refractivity contribution in [2.45, 2.75) is 25.8 Å². The number of aliphatic carboxylic acids is 2. The normalized spacial score (nSPS) is 13.1. The molecular formula is C18H21ClN4O6. The summed E-state index contributed by atoms with van der Waals surface area (Å²) in [4.78, 5) is 31.6. The second kappa shape index (κ2) is 11.1. The minimum absolute atomic E-state index is 0.273. The van der Waals surface area contributed by atoms with E-state index in [0.717, 1.165) is 38.0 Å². The predicted octanol–water partition coefficient (Wildman–Crippen LogP) is 1.65. The van der Waals surface area contributed by atoms with E-state index in [4.69, 9.17) is 35.8 Å². The third-order valence-corrected chi connectivity index (χ3v) is 4.22. The molecule has 1 amide bonds. The molecule has 1 aliphatic heterocycles. The van der Waals surface area contributed by atoms with Crippen LogP contribution in [0.15, 0.2) is 28.7 Å². The van der Waals surface area contributed by atoms with Crippen molar-refractivity contribution in [3.05, 3.63) is 35.2 Å². The van der Waals surface area contributed by atoms with E-state index in [2.05, 4.69) is 15.5 Å². The number of nitrogens with one attached hydrogen (secondary N) is 1. The topological polar surface area (TPSA) is 146 Å². The van der Waals surface area contributed by atoms with Crippen LogP contribution in [0.2, 0.25) is 5.02 Å². The highest BCUT2D eigenvalue weighted by atomic mass is 35.5. The van der Waals surface area contributed by atoms with Crippen LogP contribution < -0.4 is 5.32 Å². The highest BCUT2D eigenvalue weighted by molar-refractivity contribution is 6.30. The zero-order chi connectivity index (χ0) is 21.2. The molecule has 156 valence electrons. The highest BCUT2D eigenvalue weighted by Gasteiger charge is 2.18. The maximum Gasteiger partial charge on any atom is 0.414 e. The highest BCUT2D eigenvalue weighted by Crippen LogP contribution is 2.20. The van der Waals surface area contributed by atoms with Crippen LogP contribution in [0.1, 0.15) is 25.2 Å². The summed E-state index contributed by atoms with van der Waals surface area (Å²) in [6, 6.07) is 7.28. The average Bonchev–Trinajstić information content (AvgIpc) is 3.32. The molecule has 0 saturated carbocycles. The van der Waals surface area contributed by atoms with E-state index < -0.39 is 11.9 Å². The Bertz CT molecular complexity index is 827. The lowest BCUT2D eigenvalue weighted by Crippen LogP contribution is -2.28. The third-order valence-electron chi connectivity index (χ3n) is 3.97. The molecule has 2 aromatic rings. The van der Waals surface area contributed by atoms with Crippen molar-refractivity contribution in [3.63, 3.8) is 0 Å². The Balaban J connectivity index is 0.000000438. The number of hydrogen-bond acceptors (Lipinski definition) is 7. The zero-order valence-electron chi connectivity index (χ0n) is 15.5. The van der Waals surface area contributed by atoms with Crippen molar-refractivity contribution >= 4 is 29.4 Å². The van der Waals surface area contributed by atoms with Crippen LogP contribution in [0.5, 0.6) is 0 Å². The van der Waals surface area contributed by atoms with E-state index in [1.165, 1.54) is 0 Å². The fraction of sp³-hybridized carbons (Fsp3) is 0.389. The number of hydrogen-bond donors (Lipinski definition) is 3. The molecule has 29 heavy (non-hydrogen) atoms. The molecule has 0 radical (unpaired) electrons. The number of carboxylic acids is 2. The SMILES string of the molecule is O=C(O)C(=O)O.O=C1CCCN1CCCNCc1nnc(-c2ccc(Cl)cc2)o1. The van der Waals surface area contributed by atoms with Gasteiger partial charge in [-0.1, -0.05) is 11.6 Å². The summed E-state index contributed by atoms with van der Waals surface area (Å²) >= 11 is 5.86. The van der Waals surface area contributed by atoms with Gasteiger partial charge in [0.25, 0.3) is 0 Å². The number of aromatic nitrogens is 2. The summed E-state index contributed by atoms with van der Waals surface area (Å²) in [5, 5.41) is 26.8. The fourth-order valence-corrected chi connectivity index (χ4v) is 2.69. The molecular weight excluding hydrogens is 404 g/mol. The lowest BCUT2D eigenvalue weighted by Gasteiger charge is -2.14. The zero-order valence-corrected chi connectivity index (χ0v) is 16.3. The second-order valence-electron chi connectivity index (χ2n) is 6.13. The molecule has 1 aromatic heterocycles. The lowest BCUT2D eigenvalue weighted by atomic mass is 10.2. The first-order valence-electron chi connectivity index (χ1n) is 8.90. The molecule has 1 fully saturated rings. The van der Waals surface area contributed by atoms with Gasteiger partial charge in [-0.2, -0.15) is 0 Å². The summed E-state index contributed by atoms with van der Waals surface area (Å²) < 4.78 is 5.61. The lowest BCUT2D eigenvalue weighted by molar-refractivity contribution is -0.159. The molecule has 1 aromatic carbocycles. The van der Waals surface area contributed by atoms with Crippen molar-refractivity contribution in [2.24, 2.45) is 0 Å². The van der Waals surface area contributed by atoms with Gasteiger partial charge in [-0.05, 0) is 43.7 Å². The third kappa shape index (κ3) is 7.51. The molecule has 0 unspecified atom stereocenters. The van der Waals surface area contributed by atoms with E-state index in [1.54, 1.807) is 12.1 Å². The van der Waals surface area contributed by atoms with Crippen LogP contribution in [0, 0.1) is 0 Å². The van der Waals surface area contributed by atoms with E-state index in [0.29, 0.717) is 29.8 Å². The number of likely N-dealkylation sites (tertiary alicyclic amines) is 1. The molecule has 1 saturated heterocycles. The van der Waals surface area contributed by atoms with Crippen LogP contribution in [0.4, 0.5) is 0 Å². The van der Waals surface area contributed by atoms with Crippen molar-refractivity contribution in [1.29, 1.82) is 0 Å². The maximum absolute atomic E-state index is 11.5. The minimum atomic E-state index is -1.82. The van der Waals surface area contributed by atoms with Gasteiger partial charge in [0.05, 0.1) is 6.54 Å². The number of amides is 1. The molecule has 10 nitrogen and oxygen atoms in total. The molecule has 2 heterocycles. The van der Waals surface area contributed by atoms with Crippen molar-refractivity contribution in [1.82, 2.24) is 20.4 Å². The number of rotatable bonds is 7. The Hall–Kier alpha value is -2.98. The first kappa shape index (κ1) is 22.3. The van der Waals surface area contributed by atoms with Gasteiger partial charge in [-0.3, -0.25) is 4.79 Å². The van der Waals surface area contributed by atoms with Crippen molar-refractivity contribution < 1.29 is 29.0 Å². The quantitative estimate of drug-likeness (QED) is 0.445. The number of carbonyl (C=O) groups excluding carboxylic acids is 1. The van der Waals surface area contributed by atoms with Crippen LogP contribution in [0.3, 0.4) is 0 Å². The molecule has 3 N–H and O–H groups in total. The number of halogens is 1. The summed E-state index contributed by atoms with van der Waals surface area (Å²) in [6.45, 7) is 3.04. The predicted molar refractivity (Wildman–Crippen MR) is 102 cm³/mol. The molecule has 0 spiro atoms. The van der Waals surface area contributed by atoms with E-state index in [-0.39, 0.29) is 5.91 Å². The van der Waals surface area contributed by atoms with Gasteiger partial charge in [-0.15, -0.1) is 10.2 Å². The summed E-state index contributed by atoms with van der Waals surface area (Å²) in [7, 11) is 0. The van der Waals surface area contributed by atoms with Gasteiger partial charge in [0.2, 0.25) is 17.7 Å². The fourth-order valence-electron chi connectivity index (χ4n) is 2.56. The van der Waals surface area contributed by atoms with Gasteiger partial charge in [0.15, 0.2) is 0 Å². The molecule has 3 rings (SSSR count). The van der Waals surface area contributed by atoms with Gasteiger partial charge in [0.1, 0.15) is 0 Å². The van der Waals surface area contributed by atoms with E-state index in [9.17, 15) is 4.79 Å². The molecule has 0 atom stereocenters. The summed E-state index contributed by atoms with van der Waals surface area (Å²) in [6.07, 6.45) is 2.61. The maximum atomic E-state index is 11.5. The Morgan fingerprint density at radius 3 is 2.45 bits per heavy atom. The second-order valence-corrected chi connectivity index (χ2v) is 6.57. The number of benzene rings is 1. The molecule has 11 heteroatoms. The number of carbonyl (C=O) groups is 3. The largest absolute Gasteiger partial charge is 0.473 e. The van der Waals surface area contributed by atoms with Gasteiger partial charge < -0.3 is 24.8 Å². The summed E-state index contributed by atoms with van der Waals surface area (Å²) in [5.41, 5.74) is 0.848. The number of carboxylic acid groups (broad SMARTS) is 2. The molecule has 0 aliphatic carbocycles. The van der Waals surface area contributed by atoms with Gasteiger partial charge >= 0.3 is 11.9 Å². The Morgan fingerprint density at radius 2 is 1.86 bits per heavy atom. The standard InChI is InChI=1S/C16H19ClN4O2.C2H2O4/c17-13-6-4-12(5-7-13)16-20-19-14(23-16)11-18-8-2-10-21-9-1-3-15(21)22;3-1(4)2(5)6/h4-7,18H,1-3,8-11H2;(H,3,4)(H,5,6). The first-order chi connectivity index (χ1) is 13.9. The Kier molecular flexibility index (Phi) is 8.56. The Labute approximate surface area is 171 Å². The van der Waals surface area contributed by atoms with Crippen LogP contribution in [-0.2, 0) is 20.9 Å². The summed E-state index contributed by atoms with van der Waals surface area (Å²) in [5.74, 6) is -2.34.